The number of hydrogen-bond acceptors (Lipinski definition) is 2. The van der Waals surface area contributed by atoms with Gasteiger partial charge in [0.25, 0.3) is 0 Å². The second-order valence-electron chi connectivity index (χ2n) is 7.49. The molecule has 150 valence electrons. The minimum Gasteiger partial charge on any atom is -0.437 e. The molecule has 0 amide bonds. The Bertz CT molecular complexity index is 1580. The lowest BCUT2D eigenvalue weighted by molar-refractivity contribution is -0.660. The van der Waals surface area contributed by atoms with Crippen LogP contribution in [-0.4, -0.2) is 4.98 Å². The highest BCUT2D eigenvalue weighted by atomic mass is 16.3. The van der Waals surface area contributed by atoms with Crippen LogP contribution in [0.4, 0.5) is 0 Å². The van der Waals surface area contributed by atoms with E-state index in [4.69, 9.17) is 19.5 Å². The van der Waals surface area contributed by atoms with E-state index in [1.807, 2.05) is 38.1 Å². The summed E-state index contributed by atoms with van der Waals surface area (Å²) < 4.78 is 97.5. The molecule has 0 saturated heterocycles. The van der Waals surface area contributed by atoms with Crippen molar-refractivity contribution in [1.29, 1.82) is 0 Å². The highest BCUT2D eigenvalue weighted by molar-refractivity contribution is 6.08. The summed E-state index contributed by atoms with van der Waals surface area (Å²) in [4.78, 5) is 4.59. The SMILES string of the molecule is [2H]C([2H])([2H])C(C([2H])([2H])[2H])(C([2H])([2H])[2H])C([2H])([2H])c1c[n+](C)c(-c2c(C)ccc3c2oc2nc(CC)ccc23)cc1C. The Morgan fingerprint density at radius 2 is 1.86 bits per heavy atom. The molecule has 1 aromatic carbocycles. The third-order valence-electron chi connectivity index (χ3n) is 5.19. The van der Waals surface area contributed by atoms with Crippen molar-refractivity contribution in [2.75, 3.05) is 0 Å². The number of furan rings is 1. The molecule has 0 fully saturated rings. The summed E-state index contributed by atoms with van der Waals surface area (Å²) in [5.74, 6) is 0. The summed E-state index contributed by atoms with van der Waals surface area (Å²) in [6, 6.07) is 9.34. The molecule has 0 atom stereocenters. The number of fused-ring (bicyclic) bond motifs is 3. The maximum atomic E-state index is 8.88. The molecule has 3 heterocycles. The molecule has 29 heavy (non-hydrogen) atoms. The Labute approximate surface area is 188 Å². The third-order valence-corrected chi connectivity index (χ3v) is 5.19. The van der Waals surface area contributed by atoms with Crippen molar-refractivity contribution >= 4 is 22.1 Å². The van der Waals surface area contributed by atoms with Crippen molar-refractivity contribution < 1.29 is 24.1 Å². The van der Waals surface area contributed by atoms with Crippen molar-refractivity contribution in [2.24, 2.45) is 12.5 Å². The zero-order chi connectivity index (χ0) is 30.2. The van der Waals surface area contributed by atoms with Crippen LogP contribution in [0.3, 0.4) is 0 Å². The Hall–Kier alpha value is -2.68. The number of hydrogen-bond donors (Lipinski definition) is 0. The first-order valence-electron chi connectivity index (χ1n) is 15.0. The van der Waals surface area contributed by atoms with Gasteiger partial charge in [-0.3, -0.25) is 0 Å². The molecule has 0 spiro atoms. The van der Waals surface area contributed by atoms with Crippen LogP contribution in [0.5, 0.6) is 0 Å². The van der Waals surface area contributed by atoms with E-state index in [-0.39, 0.29) is 11.1 Å². The number of pyridine rings is 2. The Morgan fingerprint density at radius 1 is 1.10 bits per heavy atom. The molecule has 4 rings (SSSR count). The highest BCUT2D eigenvalue weighted by Gasteiger charge is 2.23. The molecule has 0 bridgehead atoms. The molecule has 0 aliphatic heterocycles. The van der Waals surface area contributed by atoms with Gasteiger partial charge in [0.2, 0.25) is 11.4 Å². The molecule has 0 aliphatic rings. The largest absolute Gasteiger partial charge is 0.437 e. The molecule has 0 unspecified atom stereocenters. The minimum absolute atomic E-state index is 0.194. The molecular weight excluding hydrogens is 356 g/mol. The van der Waals surface area contributed by atoms with Crippen LogP contribution in [0.15, 0.2) is 40.9 Å². The van der Waals surface area contributed by atoms with E-state index in [0.29, 0.717) is 22.6 Å². The van der Waals surface area contributed by atoms with E-state index in [2.05, 4.69) is 4.98 Å². The average Bonchev–Trinajstić information content (AvgIpc) is 3.14. The Balaban J connectivity index is 2.02. The maximum Gasteiger partial charge on any atom is 0.227 e. The van der Waals surface area contributed by atoms with Gasteiger partial charge in [-0.1, -0.05) is 39.6 Å². The van der Waals surface area contributed by atoms with Gasteiger partial charge in [-0.2, -0.15) is 0 Å². The van der Waals surface area contributed by atoms with Gasteiger partial charge in [0.1, 0.15) is 7.05 Å². The first-order chi connectivity index (χ1) is 18.2. The fourth-order valence-electron chi connectivity index (χ4n) is 3.70. The summed E-state index contributed by atoms with van der Waals surface area (Å²) in [5.41, 5.74) is 0.182. The second kappa shape index (κ2) is 6.98. The van der Waals surface area contributed by atoms with Gasteiger partial charge >= 0.3 is 0 Å². The molecular formula is C26H31N2O+. The first-order valence-corrected chi connectivity index (χ1v) is 9.53. The van der Waals surface area contributed by atoms with Gasteiger partial charge in [0.05, 0.1) is 5.56 Å². The lowest BCUT2D eigenvalue weighted by Gasteiger charge is -2.19. The fourth-order valence-corrected chi connectivity index (χ4v) is 3.70. The maximum absolute atomic E-state index is 8.88. The van der Waals surface area contributed by atoms with E-state index in [1.54, 1.807) is 13.1 Å². The predicted molar refractivity (Wildman–Crippen MR) is 120 cm³/mol. The normalized spacial score (nSPS) is 19.7. The predicted octanol–water partition coefficient (Wildman–Crippen LogP) is 6.24. The number of aromatic nitrogens is 2. The van der Waals surface area contributed by atoms with Crippen LogP contribution in [0.1, 0.15) is 64.9 Å². The van der Waals surface area contributed by atoms with Gasteiger partial charge in [0.15, 0.2) is 11.8 Å². The molecule has 3 aromatic heterocycles. The molecule has 3 heteroatoms. The Kier molecular flexibility index (Phi) is 2.50. The van der Waals surface area contributed by atoms with Crippen LogP contribution in [0, 0.1) is 19.3 Å². The van der Waals surface area contributed by atoms with Crippen molar-refractivity contribution in [3.8, 4) is 11.3 Å². The molecule has 0 saturated carbocycles. The smallest absolute Gasteiger partial charge is 0.227 e. The Morgan fingerprint density at radius 3 is 2.59 bits per heavy atom. The summed E-state index contributed by atoms with van der Waals surface area (Å²) in [6.45, 7) is -5.71. The van der Waals surface area contributed by atoms with Crippen molar-refractivity contribution in [2.45, 2.75) is 54.1 Å². The highest BCUT2D eigenvalue weighted by Crippen LogP contribution is 2.37. The van der Waals surface area contributed by atoms with Crippen LogP contribution in [0.25, 0.3) is 33.3 Å². The summed E-state index contributed by atoms with van der Waals surface area (Å²) in [5, 5.41) is 1.66. The molecule has 4 aromatic rings. The van der Waals surface area contributed by atoms with Crippen LogP contribution in [0.2, 0.25) is 0 Å². The standard InChI is InChI=1S/C26H31N2O/c1-8-19-10-12-21-20-11-9-16(2)23(24(20)29-25(21)27-19)22-13-17(3)18(15-28(22)7)14-26(4,5)6/h9-13,15H,8,14H2,1-7H3/q+1/i4D3,5D3,6D3,14D2. The van der Waals surface area contributed by atoms with E-state index in [1.165, 1.54) is 17.7 Å². The topological polar surface area (TPSA) is 29.9 Å². The van der Waals surface area contributed by atoms with E-state index >= 15 is 0 Å². The van der Waals surface area contributed by atoms with Gasteiger partial charge in [-0.15, -0.1) is 0 Å². The van der Waals surface area contributed by atoms with E-state index < -0.39 is 32.3 Å². The molecule has 3 nitrogen and oxygen atoms in total. The fraction of sp³-hybridized carbons (Fsp3) is 0.385. The van der Waals surface area contributed by atoms with E-state index in [9.17, 15) is 0 Å². The minimum atomic E-state index is -3.70. The van der Waals surface area contributed by atoms with Crippen molar-refractivity contribution in [1.82, 2.24) is 4.98 Å². The lowest BCUT2D eigenvalue weighted by Crippen LogP contribution is -2.32. The summed E-state index contributed by atoms with van der Waals surface area (Å²) in [6.07, 6.45) is -1.30. The quantitative estimate of drug-likeness (QED) is 0.382. The second-order valence-corrected chi connectivity index (χ2v) is 7.49. The zero-order valence-electron chi connectivity index (χ0n) is 28.0. The zero-order valence-corrected chi connectivity index (χ0v) is 17.0. The molecule has 0 radical (unpaired) electrons. The number of aryl methyl sites for hydroxylation is 4. The van der Waals surface area contributed by atoms with Crippen LogP contribution in [-0.2, 0) is 19.8 Å². The molecule has 0 N–H and O–H groups in total. The van der Waals surface area contributed by atoms with Gasteiger partial charge in [0, 0.05) is 43.2 Å². The van der Waals surface area contributed by atoms with Gasteiger partial charge < -0.3 is 4.42 Å². The third kappa shape index (κ3) is 3.55. The monoisotopic (exact) mass is 398 g/mol. The van der Waals surface area contributed by atoms with Crippen molar-refractivity contribution in [3.63, 3.8) is 0 Å². The van der Waals surface area contributed by atoms with Gasteiger partial charge in [-0.05, 0) is 55.3 Å². The summed E-state index contributed by atoms with van der Waals surface area (Å²) >= 11 is 0. The van der Waals surface area contributed by atoms with Crippen LogP contribution >= 0.6 is 0 Å². The summed E-state index contributed by atoms with van der Waals surface area (Å²) in [7, 11) is 1.60. The number of nitrogens with zero attached hydrogens (tertiary/aromatic N) is 2. The van der Waals surface area contributed by atoms with Gasteiger partial charge in [-0.25, -0.2) is 9.55 Å². The van der Waals surface area contributed by atoms with E-state index in [0.717, 1.165) is 28.5 Å². The molecule has 0 aliphatic carbocycles. The number of benzene rings is 1. The lowest BCUT2D eigenvalue weighted by atomic mass is 9.86. The average molecular weight is 399 g/mol. The van der Waals surface area contributed by atoms with Crippen molar-refractivity contribution in [3.05, 3.63) is 58.9 Å². The van der Waals surface area contributed by atoms with Crippen LogP contribution < -0.4 is 4.57 Å². The first kappa shape index (κ1) is 10.4. The number of rotatable bonds is 3.